The Balaban J connectivity index is 1.03. The number of aromatic nitrogens is 1. The molecule has 0 saturated carbocycles. The van der Waals surface area contributed by atoms with Crippen LogP contribution >= 0.6 is 0 Å². The van der Waals surface area contributed by atoms with Crippen LogP contribution in [0.3, 0.4) is 0 Å². The first kappa shape index (κ1) is 32.0. The number of nitrogens with zero attached hydrogens (tertiary/aromatic N) is 3. The number of para-hydroxylation sites is 2. The molecule has 0 spiro atoms. The van der Waals surface area contributed by atoms with E-state index in [1.54, 1.807) is 0 Å². The first-order valence-electron chi connectivity index (χ1n) is 18.9. The van der Waals surface area contributed by atoms with Crippen LogP contribution in [-0.2, 0) is 0 Å². The van der Waals surface area contributed by atoms with E-state index in [0.717, 1.165) is 66.7 Å². The van der Waals surface area contributed by atoms with Crippen LogP contribution in [0.2, 0.25) is 0 Å². The van der Waals surface area contributed by atoms with Gasteiger partial charge in [0.15, 0.2) is 11.4 Å². The van der Waals surface area contributed by atoms with Gasteiger partial charge in [0.1, 0.15) is 17.6 Å². The molecule has 1 aliphatic heterocycles. The molecular formula is C51H34N4O. The molecule has 11 rings (SSSR count). The van der Waals surface area contributed by atoms with Gasteiger partial charge in [0.2, 0.25) is 0 Å². The highest BCUT2D eigenvalue weighted by Crippen LogP contribution is 2.39. The van der Waals surface area contributed by atoms with Gasteiger partial charge < -0.3 is 14.3 Å². The number of benzene rings is 8. The number of aliphatic imine (C=N–C) groups is 2. The van der Waals surface area contributed by atoms with Crippen molar-refractivity contribution < 1.29 is 4.42 Å². The average Bonchev–Trinajstić information content (AvgIpc) is 3.82. The van der Waals surface area contributed by atoms with Gasteiger partial charge in [-0.05, 0) is 70.3 Å². The van der Waals surface area contributed by atoms with Gasteiger partial charge in [-0.25, -0.2) is 9.98 Å². The quantitative estimate of drug-likeness (QED) is 0.186. The van der Waals surface area contributed by atoms with E-state index in [4.69, 9.17) is 14.4 Å². The second-order valence-electron chi connectivity index (χ2n) is 14.2. The van der Waals surface area contributed by atoms with Gasteiger partial charge in [-0.1, -0.05) is 152 Å². The van der Waals surface area contributed by atoms with Crippen molar-refractivity contribution >= 4 is 55.4 Å². The molecule has 1 unspecified atom stereocenters. The second-order valence-corrected chi connectivity index (χ2v) is 14.2. The zero-order valence-corrected chi connectivity index (χ0v) is 30.3. The maximum absolute atomic E-state index is 6.88. The van der Waals surface area contributed by atoms with Crippen molar-refractivity contribution in [3.63, 3.8) is 0 Å². The molecule has 0 amide bonds. The Labute approximate surface area is 323 Å². The zero-order valence-electron chi connectivity index (χ0n) is 30.3. The predicted octanol–water partition coefficient (Wildman–Crippen LogP) is 12.5. The molecule has 0 fully saturated rings. The molecule has 0 radical (unpaired) electrons. The van der Waals surface area contributed by atoms with Gasteiger partial charge in [0.05, 0.1) is 16.7 Å². The van der Waals surface area contributed by atoms with E-state index >= 15 is 0 Å². The summed E-state index contributed by atoms with van der Waals surface area (Å²) >= 11 is 0. The molecule has 5 heteroatoms. The summed E-state index contributed by atoms with van der Waals surface area (Å²) in [7, 11) is 0. The van der Waals surface area contributed by atoms with Gasteiger partial charge in [-0.2, -0.15) is 0 Å². The molecule has 3 heterocycles. The zero-order chi connectivity index (χ0) is 37.0. The first-order valence-corrected chi connectivity index (χ1v) is 18.9. The third-order valence-electron chi connectivity index (χ3n) is 10.9. The Kier molecular flexibility index (Phi) is 7.49. The lowest BCUT2D eigenvalue weighted by Gasteiger charge is -2.24. The molecule has 264 valence electrons. The summed E-state index contributed by atoms with van der Waals surface area (Å²) in [6.07, 6.45) is -0.336. The fourth-order valence-electron chi connectivity index (χ4n) is 8.15. The third-order valence-corrected chi connectivity index (χ3v) is 10.9. The van der Waals surface area contributed by atoms with Gasteiger partial charge in [0.25, 0.3) is 0 Å². The molecule has 2 aromatic heterocycles. The molecule has 5 nitrogen and oxygen atoms in total. The monoisotopic (exact) mass is 718 g/mol. The SMILES string of the molecule is c1ccc(C2=NC(c3cccc(-c4ccccc4)c3)NC(c3ccc4c(c3)oc3c(-n5c6ccccc6c6cc(-c7ccccc7)ccc65)cccc34)=N2)cc1. The second kappa shape index (κ2) is 13.1. The van der Waals surface area contributed by atoms with Crippen LogP contribution in [0.4, 0.5) is 0 Å². The molecule has 8 aromatic carbocycles. The first-order chi connectivity index (χ1) is 27.7. The van der Waals surface area contributed by atoms with Crippen LogP contribution in [-0.4, -0.2) is 16.2 Å². The average molecular weight is 719 g/mol. The number of amidine groups is 2. The lowest BCUT2D eigenvalue weighted by atomic mass is 10.0. The van der Waals surface area contributed by atoms with Crippen LogP contribution in [0.5, 0.6) is 0 Å². The van der Waals surface area contributed by atoms with Gasteiger partial charge in [0, 0.05) is 32.7 Å². The summed E-state index contributed by atoms with van der Waals surface area (Å²) in [5.41, 5.74) is 12.6. The van der Waals surface area contributed by atoms with Crippen molar-refractivity contribution in [3.05, 3.63) is 211 Å². The smallest absolute Gasteiger partial charge is 0.159 e. The summed E-state index contributed by atoms with van der Waals surface area (Å²) in [5, 5.41) is 8.20. The normalized spacial score (nSPS) is 14.2. The molecule has 0 aliphatic carbocycles. The van der Waals surface area contributed by atoms with E-state index in [-0.39, 0.29) is 6.17 Å². The van der Waals surface area contributed by atoms with Gasteiger partial charge >= 0.3 is 0 Å². The number of fused-ring (bicyclic) bond motifs is 6. The Morgan fingerprint density at radius 3 is 1.86 bits per heavy atom. The lowest BCUT2D eigenvalue weighted by molar-refractivity contribution is 0.664. The molecule has 0 bridgehead atoms. The fourth-order valence-corrected chi connectivity index (χ4v) is 8.15. The molecule has 1 atom stereocenters. The van der Waals surface area contributed by atoms with E-state index in [1.165, 1.54) is 27.5 Å². The molecule has 10 aromatic rings. The summed E-state index contributed by atoms with van der Waals surface area (Å²) in [6.45, 7) is 0. The van der Waals surface area contributed by atoms with E-state index in [9.17, 15) is 0 Å². The van der Waals surface area contributed by atoms with Crippen LogP contribution in [0, 0.1) is 0 Å². The number of rotatable bonds is 6. The Morgan fingerprint density at radius 2 is 1.07 bits per heavy atom. The maximum Gasteiger partial charge on any atom is 0.159 e. The Morgan fingerprint density at radius 1 is 0.446 bits per heavy atom. The number of hydrogen-bond acceptors (Lipinski definition) is 4. The third kappa shape index (κ3) is 5.40. The van der Waals surface area contributed by atoms with E-state index < -0.39 is 0 Å². The summed E-state index contributed by atoms with van der Waals surface area (Å²) in [6, 6.07) is 68.0. The van der Waals surface area contributed by atoms with Crippen LogP contribution in [0.25, 0.3) is 71.7 Å². The standard InChI is InChI=1S/C51H34N4O/c1-4-14-33(15-5-1)36-20-12-21-38(30-36)50-52-49(35-18-8-3-9-19-35)53-51(54-50)39-26-28-41-42-23-13-25-46(48(42)56-47(41)32-39)55-44-24-11-10-22-40(44)43-31-37(27-29-45(43)55)34-16-6-2-7-17-34/h1-32,50H,(H,52,53,54). The number of furan rings is 1. The highest BCUT2D eigenvalue weighted by atomic mass is 16.3. The van der Waals surface area contributed by atoms with Crippen molar-refractivity contribution in [2.75, 3.05) is 0 Å². The van der Waals surface area contributed by atoms with Crippen LogP contribution in [0.15, 0.2) is 209 Å². The van der Waals surface area contributed by atoms with E-state index in [0.29, 0.717) is 5.84 Å². The van der Waals surface area contributed by atoms with Crippen molar-refractivity contribution in [3.8, 4) is 27.9 Å². The molecular weight excluding hydrogens is 685 g/mol. The molecule has 1 N–H and O–H groups in total. The fraction of sp³-hybridized carbons (Fsp3) is 0.0196. The minimum Gasteiger partial charge on any atom is -0.454 e. The van der Waals surface area contributed by atoms with Crippen LogP contribution < -0.4 is 5.32 Å². The predicted molar refractivity (Wildman–Crippen MR) is 231 cm³/mol. The Bertz CT molecular complexity index is 3160. The highest BCUT2D eigenvalue weighted by molar-refractivity contribution is 6.16. The number of hydrogen-bond donors (Lipinski definition) is 1. The van der Waals surface area contributed by atoms with E-state index in [1.807, 2.05) is 24.3 Å². The summed E-state index contributed by atoms with van der Waals surface area (Å²) < 4.78 is 9.23. The lowest BCUT2D eigenvalue weighted by Crippen LogP contribution is -2.33. The summed E-state index contributed by atoms with van der Waals surface area (Å²) in [4.78, 5) is 10.2. The van der Waals surface area contributed by atoms with Crippen molar-refractivity contribution in [1.82, 2.24) is 9.88 Å². The molecule has 0 saturated heterocycles. The van der Waals surface area contributed by atoms with Crippen molar-refractivity contribution in [1.29, 1.82) is 0 Å². The molecule has 1 aliphatic rings. The minimum absolute atomic E-state index is 0.336. The van der Waals surface area contributed by atoms with Crippen molar-refractivity contribution in [2.24, 2.45) is 9.98 Å². The molecule has 56 heavy (non-hydrogen) atoms. The maximum atomic E-state index is 6.88. The number of nitrogens with one attached hydrogen (secondary N) is 1. The minimum atomic E-state index is -0.336. The van der Waals surface area contributed by atoms with E-state index in [2.05, 4.69) is 180 Å². The highest BCUT2D eigenvalue weighted by Gasteiger charge is 2.23. The van der Waals surface area contributed by atoms with Crippen LogP contribution in [0.1, 0.15) is 22.9 Å². The van der Waals surface area contributed by atoms with Gasteiger partial charge in [-0.3, -0.25) is 0 Å². The topological polar surface area (TPSA) is 54.8 Å². The Hall–Kier alpha value is -7.50. The van der Waals surface area contributed by atoms with Gasteiger partial charge in [-0.15, -0.1) is 0 Å². The summed E-state index contributed by atoms with van der Waals surface area (Å²) in [5.74, 6) is 1.43. The van der Waals surface area contributed by atoms with Crippen molar-refractivity contribution in [2.45, 2.75) is 6.17 Å². The largest absolute Gasteiger partial charge is 0.454 e.